The van der Waals surface area contributed by atoms with Gasteiger partial charge in [0.2, 0.25) is 0 Å². The summed E-state index contributed by atoms with van der Waals surface area (Å²) in [4.78, 5) is 7.79. The summed E-state index contributed by atoms with van der Waals surface area (Å²) in [7, 11) is 0. The minimum atomic E-state index is 0.260. The summed E-state index contributed by atoms with van der Waals surface area (Å²) < 4.78 is 1.01. The summed E-state index contributed by atoms with van der Waals surface area (Å²) in [5, 5.41) is 3.38. The van der Waals surface area contributed by atoms with E-state index in [1.807, 2.05) is 24.3 Å². The Labute approximate surface area is 106 Å². The highest BCUT2D eigenvalue weighted by atomic mass is 79.9. The van der Waals surface area contributed by atoms with Crippen LogP contribution in [0.2, 0.25) is 5.02 Å². The predicted molar refractivity (Wildman–Crippen MR) is 68.9 cm³/mol. The fourth-order valence-corrected chi connectivity index (χ4v) is 1.55. The summed E-state index contributed by atoms with van der Waals surface area (Å²) >= 11 is 9.31. The van der Waals surface area contributed by atoms with Crippen LogP contribution in [0.4, 0.5) is 17.3 Å². The lowest BCUT2D eigenvalue weighted by molar-refractivity contribution is 1.18. The molecule has 2 aromatic rings. The van der Waals surface area contributed by atoms with Crippen LogP contribution in [0.25, 0.3) is 0 Å². The zero-order valence-corrected chi connectivity index (χ0v) is 10.5. The third-order valence-corrected chi connectivity index (χ3v) is 2.82. The van der Waals surface area contributed by atoms with Gasteiger partial charge in [0.25, 0.3) is 0 Å². The highest BCUT2D eigenvalue weighted by Crippen LogP contribution is 2.26. The van der Waals surface area contributed by atoms with Crippen molar-refractivity contribution >= 4 is 44.9 Å². The molecule has 0 saturated carbocycles. The lowest BCUT2D eigenvalue weighted by Gasteiger charge is -2.07. The van der Waals surface area contributed by atoms with E-state index in [4.69, 9.17) is 17.3 Å². The van der Waals surface area contributed by atoms with Gasteiger partial charge in [-0.1, -0.05) is 27.5 Å². The Bertz CT molecular complexity index is 501. The number of hydrogen-bond acceptors (Lipinski definition) is 4. The van der Waals surface area contributed by atoms with Crippen LogP contribution >= 0.6 is 27.5 Å². The van der Waals surface area contributed by atoms with Crippen LogP contribution < -0.4 is 11.1 Å². The van der Waals surface area contributed by atoms with Gasteiger partial charge in [-0.15, -0.1) is 0 Å². The molecule has 0 fully saturated rings. The van der Waals surface area contributed by atoms with Crippen LogP contribution in [-0.4, -0.2) is 9.97 Å². The lowest BCUT2D eigenvalue weighted by atomic mass is 10.3. The SMILES string of the molecule is Nc1ncnc(Nc2ccc(Br)cc2)c1Cl. The first-order valence-electron chi connectivity index (χ1n) is 4.45. The molecule has 0 bridgehead atoms. The molecule has 4 nitrogen and oxygen atoms in total. The number of hydrogen-bond donors (Lipinski definition) is 2. The van der Waals surface area contributed by atoms with Crippen molar-refractivity contribution in [1.29, 1.82) is 0 Å². The van der Waals surface area contributed by atoms with Gasteiger partial charge in [0.15, 0.2) is 5.82 Å². The minimum Gasteiger partial charge on any atom is -0.382 e. The normalized spacial score (nSPS) is 10.1. The molecule has 16 heavy (non-hydrogen) atoms. The van der Waals surface area contributed by atoms with Crippen molar-refractivity contribution in [1.82, 2.24) is 9.97 Å². The number of nitrogens with one attached hydrogen (secondary N) is 1. The molecule has 1 aromatic heterocycles. The quantitative estimate of drug-likeness (QED) is 0.893. The van der Waals surface area contributed by atoms with Crippen LogP contribution in [0, 0.1) is 0 Å². The number of rotatable bonds is 2. The molecule has 82 valence electrons. The van der Waals surface area contributed by atoms with Crippen molar-refractivity contribution in [3.8, 4) is 0 Å². The van der Waals surface area contributed by atoms with E-state index in [0.29, 0.717) is 10.8 Å². The monoisotopic (exact) mass is 298 g/mol. The molecule has 0 unspecified atom stereocenters. The van der Waals surface area contributed by atoms with Gasteiger partial charge < -0.3 is 11.1 Å². The van der Waals surface area contributed by atoms with Crippen LogP contribution in [0.15, 0.2) is 35.1 Å². The van der Waals surface area contributed by atoms with Gasteiger partial charge >= 0.3 is 0 Å². The molecular weight excluding hydrogens is 291 g/mol. The second-order valence-electron chi connectivity index (χ2n) is 3.05. The zero-order valence-electron chi connectivity index (χ0n) is 8.11. The highest BCUT2D eigenvalue weighted by molar-refractivity contribution is 9.10. The molecule has 0 atom stereocenters. The Morgan fingerprint density at radius 1 is 1.19 bits per heavy atom. The van der Waals surface area contributed by atoms with E-state index in [2.05, 4.69) is 31.2 Å². The predicted octanol–water partition coefficient (Wildman–Crippen LogP) is 3.22. The van der Waals surface area contributed by atoms with E-state index >= 15 is 0 Å². The Hall–Kier alpha value is -1.33. The smallest absolute Gasteiger partial charge is 0.154 e. The van der Waals surface area contributed by atoms with Crippen molar-refractivity contribution in [3.05, 3.63) is 40.1 Å². The molecule has 6 heteroatoms. The third-order valence-electron chi connectivity index (χ3n) is 1.92. The largest absolute Gasteiger partial charge is 0.382 e. The van der Waals surface area contributed by atoms with Gasteiger partial charge in [-0.25, -0.2) is 9.97 Å². The number of halogens is 2. The molecule has 3 N–H and O–H groups in total. The molecular formula is C10H8BrClN4. The fourth-order valence-electron chi connectivity index (χ4n) is 1.14. The number of anilines is 3. The Morgan fingerprint density at radius 3 is 2.56 bits per heavy atom. The van der Waals surface area contributed by atoms with Crippen LogP contribution in [0.3, 0.4) is 0 Å². The molecule has 1 aromatic carbocycles. The van der Waals surface area contributed by atoms with Crippen molar-refractivity contribution < 1.29 is 0 Å². The average molecular weight is 300 g/mol. The topological polar surface area (TPSA) is 63.8 Å². The standard InChI is InChI=1S/C10H8BrClN4/c11-6-1-3-7(4-2-6)16-10-8(12)9(13)14-5-15-10/h1-5H,(H3,13,14,15,16). The third kappa shape index (κ3) is 2.43. The second-order valence-corrected chi connectivity index (χ2v) is 4.35. The molecule has 0 radical (unpaired) electrons. The van der Waals surface area contributed by atoms with Gasteiger partial charge in [-0.05, 0) is 24.3 Å². The van der Waals surface area contributed by atoms with Crippen molar-refractivity contribution in [2.45, 2.75) is 0 Å². The summed E-state index contributed by atoms with van der Waals surface area (Å²) in [6.07, 6.45) is 1.36. The second kappa shape index (κ2) is 4.67. The van der Waals surface area contributed by atoms with Crippen molar-refractivity contribution in [3.63, 3.8) is 0 Å². The zero-order chi connectivity index (χ0) is 11.5. The number of benzene rings is 1. The number of aromatic nitrogens is 2. The fraction of sp³-hybridized carbons (Fsp3) is 0. The Kier molecular flexibility index (Phi) is 3.26. The van der Waals surface area contributed by atoms with E-state index in [0.717, 1.165) is 10.2 Å². The molecule has 2 rings (SSSR count). The van der Waals surface area contributed by atoms with Crippen LogP contribution in [0.1, 0.15) is 0 Å². The van der Waals surface area contributed by atoms with Gasteiger partial charge in [-0.3, -0.25) is 0 Å². The molecule has 0 aliphatic carbocycles. The molecule has 0 saturated heterocycles. The van der Waals surface area contributed by atoms with E-state index in [1.54, 1.807) is 0 Å². The first kappa shape index (κ1) is 11.2. The average Bonchev–Trinajstić information content (AvgIpc) is 2.28. The van der Waals surface area contributed by atoms with E-state index in [-0.39, 0.29) is 5.82 Å². The van der Waals surface area contributed by atoms with E-state index in [1.165, 1.54) is 6.33 Å². The lowest BCUT2D eigenvalue weighted by Crippen LogP contribution is -1.99. The van der Waals surface area contributed by atoms with Crippen molar-refractivity contribution in [2.24, 2.45) is 0 Å². The maximum Gasteiger partial charge on any atom is 0.154 e. The van der Waals surface area contributed by atoms with Gasteiger partial charge in [-0.2, -0.15) is 0 Å². The first-order valence-corrected chi connectivity index (χ1v) is 5.62. The molecule has 0 aliphatic heterocycles. The summed E-state index contributed by atoms with van der Waals surface area (Å²) in [5.74, 6) is 0.757. The van der Waals surface area contributed by atoms with E-state index in [9.17, 15) is 0 Å². The number of nitrogens with two attached hydrogens (primary N) is 1. The highest BCUT2D eigenvalue weighted by Gasteiger charge is 2.06. The summed E-state index contributed by atoms with van der Waals surface area (Å²) in [5.41, 5.74) is 6.45. The molecule has 0 amide bonds. The van der Waals surface area contributed by atoms with Gasteiger partial charge in [0, 0.05) is 10.2 Å². The number of nitrogen functional groups attached to an aromatic ring is 1. The maximum absolute atomic E-state index is 5.95. The summed E-state index contributed by atoms with van der Waals surface area (Å²) in [6, 6.07) is 7.64. The molecule has 0 spiro atoms. The van der Waals surface area contributed by atoms with Crippen LogP contribution in [-0.2, 0) is 0 Å². The number of nitrogens with zero attached hydrogens (tertiary/aromatic N) is 2. The summed E-state index contributed by atoms with van der Waals surface area (Å²) in [6.45, 7) is 0. The van der Waals surface area contributed by atoms with E-state index < -0.39 is 0 Å². The van der Waals surface area contributed by atoms with Crippen LogP contribution in [0.5, 0.6) is 0 Å². The van der Waals surface area contributed by atoms with Gasteiger partial charge in [0.1, 0.15) is 17.2 Å². The molecule has 0 aliphatic rings. The molecule has 1 heterocycles. The Morgan fingerprint density at radius 2 is 1.88 bits per heavy atom. The minimum absolute atomic E-state index is 0.260. The van der Waals surface area contributed by atoms with Crippen molar-refractivity contribution in [2.75, 3.05) is 11.1 Å². The Balaban J connectivity index is 2.27. The first-order chi connectivity index (χ1) is 7.66. The van der Waals surface area contributed by atoms with Gasteiger partial charge in [0.05, 0.1) is 0 Å². The maximum atomic E-state index is 5.95.